The van der Waals surface area contributed by atoms with Crippen molar-refractivity contribution in [3.05, 3.63) is 16.0 Å². The fraction of sp³-hybridized carbons (Fsp3) is 0.588. The van der Waals surface area contributed by atoms with Crippen LogP contribution in [0.4, 0.5) is 5.00 Å². The molecule has 0 fully saturated rings. The largest absolute Gasteiger partial charge is 0.372 e. The van der Waals surface area contributed by atoms with Gasteiger partial charge in [-0.3, -0.25) is 14.4 Å². The zero-order valence-electron chi connectivity index (χ0n) is 15.0. The lowest BCUT2D eigenvalue weighted by molar-refractivity contribution is -0.143. The van der Waals surface area contributed by atoms with Gasteiger partial charge in [-0.1, -0.05) is 6.92 Å². The van der Waals surface area contributed by atoms with E-state index in [2.05, 4.69) is 0 Å². The van der Waals surface area contributed by atoms with Crippen molar-refractivity contribution in [2.75, 3.05) is 39.2 Å². The van der Waals surface area contributed by atoms with E-state index in [4.69, 9.17) is 4.74 Å². The Labute approximate surface area is 151 Å². The van der Waals surface area contributed by atoms with Crippen molar-refractivity contribution in [2.24, 2.45) is 0 Å². The lowest BCUT2D eigenvalue weighted by atomic mass is 10.0. The van der Waals surface area contributed by atoms with Crippen molar-refractivity contribution in [3.63, 3.8) is 0 Å². The van der Waals surface area contributed by atoms with Crippen molar-refractivity contribution in [2.45, 2.75) is 32.4 Å². The van der Waals surface area contributed by atoms with Crippen LogP contribution in [-0.4, -0.2) is 67.9 Å². The van der Waals surface area contributed by atoms with Crippen molar-refractivity contribution < 1.29 is 19.1 Å². The molecule has 1 aromatic rings. The zero-order valence-corrected chi connectivity index (χ0v) is 15.8. The number of likely N-dealkylation sites (N-methyl/N-ethyl adjacent to an activating group) is 2. The quantitative estimate of drug-likeness (QED) is 0.804. The molecule has 2 aliphatic rings. The highest BCUT2D eigenvalue weighted by Crippen LogP contribution is 2.40. The molecule has 8 heteroatoms. The summed E-state index contributed by atoms with van der Waals surface area (Å²) in [7, 11) is 4.90. The molecule has 1 unspecified atom stereocenters. The number of thiophene rings is 1. The molecule has 25 heavy (non-hydrogen) atoms. The minimum absolute atomic E-state index is 0.0212. The number of nitrogens with zero attached hydrogens (tertiary/aromatic N) is 3. The summed E-state index contributed by atoms with van der Waals surface area (Å²) in [5.74, 6) is -0.244. The summed E-state index contributed by atoms with van der Waals surface area (Å²) in [4.78, 5) is 43.3. The summed E-state index contributed by atoms with van der Waals surface area (Å²) in [5.41, 5.74) is 1.61. The number of carbonyl (C=O) groups is 3. The van der Waals surface area contributed by atoms with E-state index in [1.54, 1.807) is 31.0 Å². The number of hydrogen-bond donors (Lipinski definition) is 0. The van der Waals surface area contributed by atoms with Gasteiger partial charge in [-0.2, -0.15) is 0 Å². The molecular formula is C17H23N3O4S. The molecule has 0 aliphatic carbocycles. The van der Waals surface area contributed by atoms with Crippen LogP contribution in [0.25, 0.3) is 0 Å². The first-order chi connectivity index (χ1) is 11.9. The van der Waals surface area contributed by atoms with E-state index in [1.807, 2.05) is 6.92 Å². The third-order valence-corrected chi connectivity index (χ3v) is 6.19. The second-order valence-electron chi connectivity index (χ2n) is 6.44. The Balaban J connectivity index is 1.95. The fourth-order valence-corrected chi connectivity index (χ4v) is 4.70. The molecule has 0 spiro atoms. The van der Waals surface area contributed by atoms with Crippen LogP contribution >= 0.6 is 11.3 Å². The molecule has 136 valence electrons. The molecule has 0 N–H and O–H groups in total. The van der Waals surface area contributed by atoms with Crippen LogP contribution < -0.4 is 4.90 Å². The molecule has 0 aromatic carbocycles. The Kier molecular flexibility index (Phi) is 4.83. The van der Waals surface area contributed by atoms with Gasteiger partial charge in [0.15, 0.2) is 0 Å². The van der Waals surface area contributed by atoms with Crippen LogP contribution in [0.5, 0.6) is 0 Å². The zero-order chi connectivity index (χ0) is 18.3. The number of rotatable bonds is 3. The normalized spacial score (nSPS) is 18.8. The van der Waals surface area contributed by atoms with Gasteiger partial charge in [0.05, 0.1) is 12.1 Å². The van der Waals surface area contributed by atoms with Gasteiger partial charge >= 0.3 is 0 Å². The monoisotopic (exact) mass is 365 g/mol. The Morgan fingerprint density at radius 2 is 2.00 bits per heavy atom. The third-order valence-electron chi connectivity index (χ3n) is 4.89. The molecule has 3 amide bonds. The summed E-state index contributed by atoms with van der Waals surface area (Å²) in [5, 5.41) is 0.692. The molecular weight excluding hydrogens is 342 g/mol. The van der Waals surface area contributed by atoms with E-state index in [0.717, 1.165) is 10.4 Å². The molecule has 3 rings (SSSR count). The van der Waals surface area contributed by atoms with E-state index in [9.17, 15) is 14.4 Å². The van der Waals surface area contributed by atoms with E-state index in [-0.39, 0.29) is 24.3 Å². The SMILES string of the molecule is CCC(OC)C(=O)N1CCc2c(sc3c2C(=O)N(C)CC(=O)N3C)C1. The van der Waals surface area contributed by atoms with Gasteiger partial charge in [-0.05, 0) is 18.4 Å². The number of ether oxygens (including phenoxy) is 1. The second-order valence-corrected chi connectivity index (χ2v) is 7.52. The lowest BCUT2D eigenvalue weighted by Gasteiger charge is -2.30. The first-order valence-corrected chi connectivity index (χ1v) is 9.18. The van der Waals surface area contributed by atoms with Gasteiger partial charge in [-0.15, -0.1) is 11.3 Å². The summed E-state index contributed by atoms with van der Waals surface area (Å²) < 4.78 is 5.26. The molecule has 2 aliphatic heterocycles. The maximum absolute atomic E-state index is 12.7. The van der Waals surface area contributed by atoms with Crippen LogP contribution in [0.15, 0.2) is 0 Å². The summed E-state index contributed by atoms with van der Waals surface area (Å²) in [6.45, 7) is 3.03. The third kappa shape index (κ3) is 2.93. The second kappa shape index (κ2) is 6.76. The Bertz CT molecular complexity index is 726. The predicted octanol–water partition coefficient (Wildman–Crippen LogP) is 1.11. The maximum Gasteiger partial charge on any atom is 0.257 e. The number of anilines is 1. The van der Waals surface area contributed by atoms with Crippen molar-refractivity contribution >= 4 is 34.1 Å². The summed E-state index contributed by atoms with van der Waals surface area (Å²) in [6, 6.07) is 0. The van der Waals surface area contributed by atoms with E-state index in [1.165, 1.54) is 16.2 Å². The van der Waals surface area contributed by atoms with Gasteiger partial charge in [0, 0.05) is 32.6 Å². The Hall–Kier alpha value is -1.93. The smallest absolute Gasteiger partial charge is 0.257 e. The van der Waals surface area contributed by atoms with E-state index < -0.39 is 6.10 Å². The molecule has 0 saturated carbocycles. The molecule has 1 atom stereocenters. The molecule has 7 nitrogen and oxygen atoms in total. The topological polar surface area (TPSA) is 70.2 Å². The number of carbonyl (C=O) groups excluding carboxylic acids is 3. The minimum Gasteiger partial charge on any atom is -0.372 e. The standard InChI is InChI=1S/C17H23N3O4S/c1-5-11(24-4)15(22)20-7-6-10-12(8-20)25-17-14(10)16(23)18(2)9-13(21)19(17)3/h11H,5-9H2,1-4H3. The lowest BCUT2D eigenvalue weighted by Crippen LogP contribution is -2.42. The minimum atomic E-state index is -0.434. The van der Waals surface area contributed by atoms with Crippen molar-refractivity contribution in [1.29, 1.82) is 0 Å². The highest BCUT2D eigenvalue weighted by Gasteiger charge is 2.36. The maximum atomic E-state index is 12.7. The van der Waals surface area contributed by atoms with Crippen LogP contribution in [0.3, 0.4) is 0 Å². The fourth-order valence-electron chi connectivity index (χ4n) is 3.36. The van der Waals surface area contributed by atoms with Crippen molar-refractivity contribution in [3.8, 4) is 0 Å². The Morgan fingerprint density at radius 3 is 2.64 bits per heavy atom. The summed E-state index contributed by atoms with van der Waals surface area (Å²) >= 11 is 1.44. The number of hydrogen-bond acceptors (Lipinski definition) is 5. The van der Waals surface area contributed by atoms with Gasteiger partial charge in [-0.25, -0.2) is 0 Å². The van der Waals surface area contributed by atoms with Crippen LogP contribution in [0.1, 0.15) is 34.1 Å². The predicted molar refractivity (Wildman–Crippen MR) is 94.9 cm³/mol. The van der Waals surface area contributed by atoms with Crippen LogP contribution in [0.2, 0.25) is 0 Å². The highest BCUT2D eigenvalue weighted by atomic mass is 32.1. The molecule has 1 aromatic heterocycles. The first-order valence-electron chi connectivity index (χ1n) is 8.37. The van der Waals surface area contributed by atoms with Crippen molar-refractivity contribution in [1.82, 2.24) is 9.80 Å². The average molecular weight is 365 g/mol. The van der Waals surface area contributed by atoms with E-state index >= 15 is 0 Å². The molecule has 0 bridgehead atoms. The van der Waals surface area contributed by atoms with Gasteiger partial charge in [0.2, 0.25) is 5.91 Å². The van der Waals surface area contributed by atoms with Gasteiger partial charge in [0.1, 0.15) is 17.6 Å². The molecule has 3 heterocycles. The van der Waals surface area contributed by atoms with E-state index in [0.29, 0.717) is 36.5 Å². The Morgan fingerprint density at radius 1 is 1.28 bits per heavy atom. The molecule has 0 saturated heterocycles. The van der Waals surface area contributed by atoms with Crippen LogP contribution in [-0.2, 0) is 27.3 Å². The first kappa shape index (κ1) is 17.9. The highest BCUT2D eigenvalue weighted by molar-refractivity contribution is 7.17. The number of methoxy groups -OCH3 is 1. The number of amides is 3. The average Bonchev–Trinajstić information content (AvgIpc) is 2.96. The summed E-state index contributed by atoms with van der Waals surface area (Å²) in [6.07, 6.45) is 0.811. The van der Waals surface area contributed by atoms with Crippen LogP contribution in [0, 0.1) is 0 Å². The van der Waals surface area contributed by atoms with Gasteiger partial charge < -0.3 is 19.4 Å². The van der Waals surface area contributed by atoms with Gasteiger partial charge in [0.25, 0.3) is 11.8 Å². The molecule has 0 radical (unpaired) electrons. The number of fused-ring (bicyclic) bond motifs is 3.